The molecule has 0 fully saturated rings. The molecule has 1 spiro atoms. The Kier molecular flexibility index (Phi) is 4.08. The Bertz CT molecular complexity index is 1190. The molecule has 5 rings (SSSR count). The maximum Gasteiger partial charge on any atom is 0.340 e. The molecule has 1 unspecified atom stereocenters. The van der Waals surface area contributed by atoms with Gasteiger partial charge in [0.15, 0.2) is 17.1 Å². The molecule has 0 amide bonds. The van der Waals surface area contributed by atoms with Crippen molar-refractivity contribution in [3.05, 3.63) is 77.6 Å². The molecule has 2 N–H and O–H groups in total. The van der Waals surface area contributed by atoms with Gasteiger partial charge in [0.25, 0.3) is 0 Å². The first-order valence-corrected chi connectivity index (χ1v) is 10.9. The maximum absolute atomic E-state index is 12.8. The van der Waals surface area contributed by atoms with E-state index in [0.29, 0.717) is 52.7 Å². The van der Waals surface area contributed by atoms with Gasteiger partial charge in [-0.25, -0.2) is 4.79 Å². The highest BCUT2D eigenvalue weighted by Crippen LogP contribution is 2.62. The summed E-state index contributed by atoms with van der Waals surface area (Å²) >= 11 is 10.2. The van der Waals surface area contributed by atoms with E-state index in [4.69, 9.17) is 9.47 Å². The Morgan fingerprint density at radius 1 is 0.897 bits per heavy atom. The molecule has 0 saturated heterocycles. The van der Waals surface area contributed by atoms with Crippen LogP contribution in [0.3, 0.4) is 0 Å². The summed E-state index contributed by atoms with van der Waals surface area (Å²) in [6.07, 6.45) is 0. The zero-order valence-electron chi connectivity index (χ0n) is 14.7. The van der Waals surface area contributed by atoms with Crippen LogP contribution >= 0.6 is 47.8 Å². The SMILES string of the molecule is Cc1cc2c(c(Br)c1O)Oc1c(cc(Br)c(O)c1Br)C21OC(=O)c2ccccc21. The van der Waals surface area contributed by atoms with Crippen molar-refractivity contribution in [2.24, 2.45) is 0 Å². The van der Waals surface area contributed by atoms with Crippen LogP contribution in [0, 0.1) is 6.92 Å². The summed E-state index contributed by atoms with van der Waals surface area (Å²) in [7, 11) is 0. The third-order valence-corrected chi connectivity index (χ3v) is 7.35. The molecule has 5 nitrogen and oxygen atoms in total. The van der Waals surface area contributed by atoms with E-state index in [1.54, 1.807) is 31.2 Å². The monoisotopic (exact) mass is 580 g/mol. The van der Waals surface area contributed by atoms with Crippen molar-refractivity contribution in [1.29, 1.82) is 0 Å². The Morgan fingerprint density at radius 2 is 1.52 bits per heavy atom. The molecule has 29 heavy (non-hydrogen) atoms. The van der Waals surface area contributed by atoms with Crippen molar-refractivity contribution in [3.63, 3.8) is 0 Å². The number of hydrogen-bond acceptors (Lipinski definition) is 5. The summed E-state index contributed by atoms with van der Waals surface area (Å²) in [5, 5.41) is 20.9. The lowest BCUT2D eigenvalue weighted by atomic mass is 9.77. The summed E-state index contributed by atoms with van der Waals surface area (Å²) < 4.78 is 13.3. The quantitative estimate of drug-likeness (QED) is 0.306. The number of hydrogen-bond donors (Lipinski definition) is 2. The van der Waals surface area contributed by atoms with Crippen molar-refractivity contribution < 1.29 is 24.5 Å². The summed E-state index contributed by atoms with van der Waals surface area (Å²) in [5.41, 5.74) is 1.55. The maximum atomic E-state index is 12.8. The molecule has 0 aromatic heterocycles. The zero-order chi connectivity index (χ0) is 20.7. The van der Waals surface area contributed by atoms with Crippen LogP contribution in [-0.4, -0.2) is 16.2 Å². The number of benzene rings is 3. The predicted octanol–water partition coefficient (Wildman–Crippen LogP) is 6.26. The third kappa shape index (κ3) is 2.33. The van der Waals surface area contributed by atoms with Gasteiger partial charge in [0.1, 0.15) is 20.4 Å². The molecule has 8 heteroatoms. The highest BCUT2D eigenvalue weighted by Gasteiger charge is 2.55. The van der Waals surface area contributed by atoms with Crippen LogP contribution < -0.4 is 4.74 Å². The third-order valence-electron chi connectivity index (χ3n) is 5.27. The van der Waals surface area contributed by atoms with Crippen LogP contribution in [0.15, 0.2) is 49.8 Å². The molecule has 0 radical (unpaired) electrons. The molecule has 2 aliphatic rings. The zero-order valence-corrected chi connectivity index (χ0v) is 19.5. The number of phenols is 2. The summed E-state index contributed by atoms with van der Waals surface area (Å²) in [5.74, 6) is 0.130. The van der Waals surface area contributed by atoms with Gasteiger partial charge in [-0.3, -0.25) is 0 Å². The molecule has 2 aliphatic heterocycles. The molecular formula is C21H11Br3O5. The molecule has 0 aliphatic carbocycles. The van der Waals surface area contributed by atoms with Crippen LogP contribution in [0.5, 0.6) is 23.0 Å². The number of carbonyl (C=O) groups is 1. The summed E-state index contributed by atoms with van der Waals surface area (Å²) in [4.78, 5) is 12.8. The van der Waals surface area contributed by atoms with Gasteiger partial charge in [0, 0.05) is 11.1 Å². The fraction of sp³-hybridized carbons (Fsp3) is 0.0952. The Morgan fingerprint density at radius 3 is 2.24 bits per heavy atom. The first-order chi connectivity index (χ1) is 13.8. The van der Waals surface area contributed by atoms with Gasteiger partial charge in [-0.05, 0) is 78.5 Å². The van der Waals surface area contributed by atoms with Crippen LogP contribution in [-0.2, 0) is 10.3 Å². The number of aryl methyl sites for hydroxylation is 1. The van der Waals surface area contributed by atoms with Gasteiger partial charge in [0.2, 0.25) is 0 Å². The molecule has 3 aromatic rings. The fourth-order valence-electron chi connectivity index (χ4n) is 3.93. The van der Waals surface area contributed by atoms with Crippen molar-refractivity contribution in [2.75, 3.05) is 0 Å². The van der Waals surface area contributed by atoms with Crippen molar-refractivity contribution in [1.82, 2.24) is 0 Å². The molecule has 1 atom stereocenters. The minimum absolute atomic E-state index is 0.0254. The number of aromatic hydroxyl groups is 2. The number of ether oxygens (including phenoxy) is 2. The summed E-state index contributed by atoms with van der Waals surface area (Å²) in [6, 6.07) is 10.6. The first-order valence-electron chi connectivity index (χ1n) is 8.52. The standard InChI is InChI=1S/C21H11Br3O5/c1-8-6-11-18(14(23)16(8)25)28-19-12(7-13(22)17(26)15(19)24)21(11)10-5-3-2-4-9(10)20(27)29-21/h2-7,25-26H,1H3. The van der Waals surface area contributed by atoms with Gasteiger partial charge >= 0.3 is 5.97 Å². The van der Waals surface area contributed by atoms with Crippen LogP contribution in [0.25, 0.3) is 0 Å². The van der Waals surface area contributed by atoms with E-state index in [1.807, 2.05) is 12.1 Å². The van der Waals surface area contributed by atoms with Crippen molar-refractivity contribution in [2.45, 2.75) is 12.5 Å². The van der Waals surface area contributed by atoms with E-state index in [-0.39, 0.29) is 11.5 Å². The van der Waals surface area contributed by atoms with Crippen LogP contribution in [0.2, 0.25) is 0 Å². The number of rotatable bonds is 0. The molecule has 0 bridgehead atoms. The second-order valence-electron chi connectivity index (χ2n) is 6.85. The highest BCUT2D eigenvalue weighted by atomic mass is 79.9. The van der Waals surface area contributed by atoms with Crippen molar-refractivity contribution >= 4 is 53.8 Å². The number of halogens is 3. The highest BCUT2D eigenvalue weighted by molar-refractivity contribution is 9.11. The molecule has 2 heterocycles. The predicted molar refractivity (Wildman–Crippen MR) is 116 cm³/mol. The molecular weight excluding hydrogens is 572 g/mol. The van der Waals surface area contributed by atoms with Gasteiger partial charge in [-0.15, -0.1) is 0 Å². The number of phenolic OH excluding ortho intramolecular Hbond substituents is 2. The smallest absolute Gasteiger partial charge is 0.340 e. The van der Waals surface area contributed by atoms with Crippen LogP contribution in [0.4, 0.5) is 0 Å². The first kappa shape index (κ1) is 19.0. The van der Waals surface area contributed by atoms with E-state index in [9.17, 15) is 15.0 Å². The van der Waals surface area contributed by atoms with E-state index < -0.39 is 11.6 Å². The van der Waals surface area contributed by atoms with Crippen molar-refractivity contribution in [3.8, 4) is 23.0 Å². The van der Waals surface area contributed by atoms with Gasteiger partial charge < -0.3 is 19.7 Å². The normalized spacial score (nSPS) is 18.7. The Hall–Kier alpha value is -2.03. The second-order valence-corrected chi connectivity index (χ2v) is 9.29. The van der Waals surface area contributed by atoms with E-state index in [2.05, 4.69) is 47.8 Å². The number of esters is 1. The minimum atomic E-state index is -1.30. The lowest BCUT2D eigenvalue weighted by Gasteiger charge is -2.38. The lowest BCUT2D eigenvalue weighted by Crippen LogP contribution is -2.33. The Labute approximate surface area is 190 Å². The second kappa shape index (κ2) is 6.23. The van der Waals surface area contributed by atoms with E-state index in [1.165, 1.54) is 0 Å². The fourth-order valence-corrected chi connectivity index (χ4v) is 5.74. The van der Waals surface area contributed by atoms with Gasteiger partial charge in [0.05, 0.1) is 15.6 Å². The molecule has 3 aromatic carbocycles. The van der Waals surface area contributed by atoms with Crippen LogP contribution in [0.1, 0.15) is 32.6 Å². The molecule has 146 valence electrons. The largest absolute Gasteiger partial charge is 0.506 e. The molecule has 0 saturated carbocycles. The number of fused-ring (bicyclic) bond motifs is 6. The number of carbonyl (C=O) groups excluding carboxylic acids is 1. The summed E-state index contributed by atoms with van der Waals surface area (Å²) in [6.45, 7) is 1.76. The minimum Gasteiger partial charge on any atom is -0.506 e. The lowest BCUT2D eigenvalue weighted by molar-refractivity contribution is 0.0222. The Balaban J connectivity index is 1.99. The average molecular weight is 583 g/mol. The topological polar surface area (TPSA) is 76.0 Å². The van der Waals surface area contributed by atoms with Gasteiger partial charge in [-0.1, -0.05) is 18.2 Å². The van der Waals surface area contributed by atoms with Gasteiger partial charge in [-0.2, -0.15) is 0 Å². The van der Waals surface area contributed by atoms with E-state index >= 15 is 0 Å². The van der Waals surface area contributed by atoms with E-state index in [0.717, 1.165) is 0 Å². The average Bonchev–Trinajstić information content (AvgIpc) is 3.00.